The van der Waals surface area contributed by atoms with E-state index in [1.54, 1.807) is 26.1 Å². The first-order valence-corrected chi connectivity index (χ1v) is 13.4. The Morgan fingerprint density at radius 1 is 1.08 bits per heavy atom. The van der Waals surface area contributed by atoms with Crippen LogP contribution in [0.4, 0.5) is 15.9 Å². The van der Waals surface area contributed by atoms with Gasteiger partial charge in [-0.25, -0.2) is 14.4 Å². The zero-order chi connectivity index (χ0) is 26.5. The minimum Gasteiger partial charge on any atom is -0.343 e. The van der Waals surface area contributed by atoms with Crippen molar-refractivity contribution in [1.29, 1.82) is 0 Å². The smallest absolute Gasteiger partial charge is 0.246 e. The molecular formula is C28H39FN6O2. The van der Waals surface area contributed by atoms with Crippen LogP contribution in [0, 0.1) is 18.7 Å². The van der Waals surface area contributed by atoms with Crippen molar-refractivity contribution in [3.05, 3.63) is 47.7 Å². The van der Waals surface area contributed by atoms with Crippen LogP contribution in [-0.2, 0) is 9.59 Å². The molecule has 2 heterocycles. The number of benzene rings is 1. The van der Waals surface area contributed by atoms with Crippen LogP contribution in [0.3, 0.4) is 0 Å². The maximum absolute atomic E-state index is 14.0. The summed E-state index contributed by atoms with van der Waals surface area (Å²) in [6.45, 7) is 4.28. The Hall–Kier alpha value is -3.07. The lowest BCUT2D eigenvalue weighted by atomic mass is 9.83. The molecule has 2 aliphatic rings. The van der Waals surface area contributed by atoms with Gasteiger partial charge < -0.3 is 20.4 Å². The topological polar surface area (TPSA) is 90.5 Å². The van der Waals surface area contributed by atoms with Gasteiger partial charge in [0.1, 0.15) is 23.5 Å². The standard InChI is InChI=1S/C28H39FN6O2/c1-18(30-3)27(36)33-26(20-9-6-5-7-10-20)28(37)35-16-8-11-24(35)23-17-25(32-19(2)31-23)34(4)22-14-12-21(29)13-15-22/h12-15,17-18,20,24,26,30H,5-11,16H2,1-4H3,(H,33,36)/t18?,24-,26?/m0/s1. The summed E-state index contributed by atoms with van der Waals surface area (Å²) in [6, 6.07) is 7.10. The molecule has 0 radical (unpaired) electrons. The SMILES string of the molecule is CNC(C)C(=O)NC(C(=O)N1CCC[C@H]1c1cc(N(C)c2ccc(F)cc2)nc(C)n1)C1CCCCC1. The maximum atomic E-state index is 14.0. The highest BCUT2D eigenvalue weighted by Gasteiger charge is 2.39. The van der Waals surface area contributed by atoms with Gasteiger partial charge in [0, 0.05) is 25.3 Å². The van der Waals surface area contributed by atoms with Gasteiger partial charge in [-0.1, -0.05) is 19.3 Å². The van der Waals surface area contributed by atoms with Crippen LogP contribution in [-0.4, -0.2) is 59.4 Å². The molecule has 37 heavy (non-hydrogen) atoms. The number of anilines is 2. The molecule has 4 rings (SSSR count). The molecule has 0 bridgehead atoms. The number of aromatic nitrogens is 2. The van der Waals surface area contributed by atoms with Crippen molar-refractivity contribution < 1.29 is 14.0 Å². The average Bonchev–Trinajstić information content (AvgIpc) is 3.41. The Morgan fingerprint density at radius 2 is 1.78 bits per heavy atom. The highest BCUT2D eigenvalue weighted by molar-refractivity contribution is 5.90. The Balaban J connectivity index is 1.60. The lowest BCUT2D eigenvalue weighted by molar-refractivity contribution is -0.139. The number of carbonyl (C=O) groups excluding carboxylic acids is 2. The summed E-state index contributed by atoms with van der Waals surface area (Å²) < 4.78 is 13.4. The second-order valence-electron chi connectivity index (χ2n) is 10.3. The summed E-state index contributed by atoms with van der Waals surface area (Å²) >= 11 is 0. The third kappa shape index (κ3) is 6.26. The Kier molecular flexibility index (Phi) is 8.74. The number of hydrogen-bond acceptors (Lipinski definition) is 6. The molecule has 2 unspecified atom stereocenters. The number of likely N-dealkylation sites (tertiary alicyclic amines) is 1. The highest BCUT2D eigenvalue weighted by Crippen LogP contribution is 2.36. The molecule has 9 heteroatoms. The molecule has 0 spiro atoms. The van der Waals surface area contributed by atoms with E-state index in [-0.39, 0.29) is 35.6 Å². The summed E-state index contributed by atoms with van der Waals surface area (Å²) in [5, 5.41) is 6.07. The van der Waals surface area contributed by atoms with Crippen LogP contribution in [0.2, 0.25) is 0 Å². The second-order valence-corrected chi connectivity index (χ2v) is 10.3. The highest BCUT2D eigenvalue weighted by atomic mass is 19.1. The van der Waals surface area contributed by atoms with Crippen molar-refractivity contribution in [3.63, 3.8) is 0 Å². The van der Waals surface area contributed by atoms with Gasteiger partial charge in [-0.05, 0) is 76.8 Å². The number of halogens is 1. The summed E-state index contributed by atoms with van der Waals surface area (Å²) in [5.41, 5.74) is 1.60. The molecule has 200 valence electrons. The second kappa shape index (κ2) is 12.0. The van der Waals surface area contributed by atoms with Gasteiger partial charge in [-0.3, -0.25) is 9.59 Å². The van der Waals surface area contributed by atoms with Gasteiger partial charge in [-0.15, -0.1) is 0 Å². The van der Waals surface area contributed by atoms with E-state index in [0.717, 1.165) is 49.9 Å². The lowest BCUT2D eigenvalue weighted by Gasteiger charge is -2.35. The van der Waals surface area contributed by atoms with Crippen LogP contribution in [0.1, 0.15) is 69.4 Å². The summed E-state index contributed by atoms with van der Waals surface area (Å²) in [7, 11) is 3.63. The molecule has 1 aliphatic carbocycles. The molecular weight excluding hydrogens is 471 g/mol. The number of carbonyl (C=O) groups is 2. The van der Waals surface area contributed by atoms with Crippen molar-refractivity contribution in [2.75, 3.05) is 25.5 Å². The van der Waals surface area contributed by atoms with Gasteiger partial charge >= 0.3 is 0 Å². The van der Waals surface area contributed by atoms with E-state index in [0.29, 0.717) is 18.2 Å². The average molecular weight is 511 g/mol. The molecule has 1 aromatic carbocycles. The normalized spacial score (nSPS) is 19.9. The number of likely N-dealkylation sites (N-methyl/N-ethyl adjacent to an activating group) is 1. The van der Waals surface area contributed by atoms with E-state index in [9.17, 15) is 14.0 Å². The van der Waals surface area contributed by atoms with E-state index in [1.807, 2.05) is 29.8 Å². The molecule has 2 N–H and O–H groups in total. The van der Waals surface area contributed by atoms with E-state index < -0.39 is 6.04 Å². The van der Waals surface area contributed by atoms with Crippen molar-refractivity contribution in [1.82, 2.24) is 25.5 Å². The van der Waals surface area contributed by atoms with Crippen molar-refractivity contribution in [2.24, 2.45) is 5.92 Å². The minimum absolute atomic E-state index is 0.0178. The fourth-order valence-electron chi connectivity index (χ4n) is 5.49. The van der Waals surface area contributed by atoms with Gasteiger partial charge in [0.05, 0.1) is 17.8 Å². The van der Waals surface area contributed by atoms with E-state index in [1.165, 1.54) is 18.6 Å². The fourth-order valence-corrected chi connectivity index (χ4v) is 5.49. The maximum Gasteiger partial charge on any atom is 0.246 e. The van der Waals surface area contributed by atoms with Crippen molar-refractivity contribution >= 4 is 23.3 Å². The van der Waals surface area contributed by atoms with Crippen LogP contribution in [0.5, 0.6) is 0 Å². The number of aryl methyl sites for hydroxylation is 1. The van der Waals surface area contributed by atoms with E-state index in [4.69, 9.17) is 4.98 Å². The molecule has 8 nitrogen and oxygen atoms in total. The predicted octanol–water partition coefficient (Wildman–Crippen LogP) is 4.03. The molecule has 3 atom stereocenters. The van der Waals surface area contributed by atoms with E-state index in [2.05, 4.69) is 15.6 Å². The lowest BCUT2D eigenvalue weighted by Crippen LogP contribution is -2.55. The summed E-state index contributed by atoms with van der Waals surface area (Å²) in [6.07, 6.45) is 6.92. The monoisotopic (exact) mass is 510 g/mol. The van der Waals surface area contributed by atoms with E-state index >= 15 is 0 Å². The zero-order valence-corrected chi connectivity index (χ0v) is 22.3. The molecule has 2 amide bonds. The molecule has 1 aliphatic heterocycles. The predicted molar refractivity (Wildman–Crippen MR) is 142 cm³/mol. The summed E-state index contributed by atoms with van der Waals surface area (Å²) in [5.74, 6) is 0.983. The molecule has 1 aromatic heterocycles. The molecule has 1 saturated heterocycles. The third-order valence-electron chi connectivity index (χ3n) is 7.79. The van der Waals surface area contributed by atoms with Crippen LogP contribution in [0.15, 0.2) is 30.3 Å². The third-order valence-corrected chi connectivity index (χ3v) is 7.79. The first-order chi connectivity index (χ1) is 17.8. The number of rotatable bonds is 8. The van der Waals surface area contributed by atoms with Gasteiger partial charge in [0.2, 0.25) is 11.8 Å². The quantitative estimate of drug-likeness (QED) is 0.557. The summed E-state index contributed by atoms with van der Waals surface area (Å²) in [4.78, 5) is 40.0. The molecule has 1 saturated carbocycles. The number of amides is 2. The van der Waals surface area contributed by atoms with Gasteiger partial charge in [0.15, 0.2) is 0 Å². The van der Waals surface area contributed by atoms with Crippen molar-refractivity contribution in [2.45, 2.75) is 76.9 Å². The number of nitrogens with one attached hydrogen (secondary N) is 2. The largest absolute Gasteiger partial charge is 0.343 e. The molecule has 2 aromatic rings. The Labute approximate surface area is 219 Å². The first-order valence-electron chi connectivity index (χ1n) is 13.4. The van der Waals surface area contributed by atoms with Crippen LogP contribution in [0.25, 0.3) is 0 Å². The zero-order valence-electron chi connectivity index (χ0n) is 22.3. The minimum atomic E-state index is -0.534. The van der Waals surface area contributed by atoms with Crippen molar-refractivity contribution in [3.8, 4) is 0 Å². The van der Waals surface area contributed by atoms with Gasteiger partial charge in [-0.2, -0.15) is 0 Å². The Morgan fingerprint density at radius 3 is 2.46 bits per heavy atom. The first kappa shape index (κ1) is 27.0. The van der Waals surface area contributed by atoms with Crippen LogP contribution < -0.4 is 15.5 Å². The molecule has 2 fully saturated rings. The Bertz CT molecular complexity index is 1090. The van der Waals surface area contributed by atoms with Gasteiger partial charge in [0.25, 0.3) is 0 Å². The fraction of sp³-hybridized carbons (Fsp3) is 0.571. The number of nitrogens with zero attached hydrogens (tertiary/aromatic N) is 4. The number of hydrogen-bond donors (Lipinski definition) is 2. The van der Waals surface area contributed by atoms with Crippen LogP contribution >= 0.6 is 0 Å².